The van der Waals surface area contributed by atoms with Gasteiger partial charge in [0.2, 0.25) is 0 Å². The number of carbonyl (C=O) groups excluding carboxylic acids is 1. The van der Waals surface area contributed by atoms with E-state index in [2.05, 4.69) is 21.7 Å². The highest BCUT2D eigenvalue weighted by Gasteiger charge is 2.27. The van der Waals surface area contributed by atoms with E-state index in [1.165, 1.54) is 18.4 Å². The first-order chi connectivity index (χ1) is 7.29. The highest BCUT2D eigenvalue weighted by molar-refractivity contribution is 5.83. The molecule has 0 atom stereocenters. The normalized spacial score (nSPS) is 15.8. The predicted molar refractivity (Wildman–Crippen MR) is 58.1 cm³/mol. The van der Waals surface area contributed by atoms with Crippen LogP contribution >= 0.6 is 0 Å². The molecule has 76 valence electrons. The van der Waals surface area contributed by atoms with Crippen LogP contribution in [0.3, 0.4) is 0 Å². The van der Waals surface area contributed by atoms with Crippen LogP contribution in [0.1, 0.15) is 35.1 Å². The average molecular weight is 200 g/mol. The maximum absolute atomic E-state index is 10.9. The van der Waals surface area contributed by atoms with Crippen molar-refractivity contribution in [3.05, 3.63) is 29.6 Å². The maximum atomic E-state index is 10.9. The smallest absolute Gasteiger partial charge is 0.185 e. The Morgan fingerprint density at radius 2 is 2.27 bits per heavy atom. The van der Waals surface area contributed by atoms with Crippen LogP contribution in [0.2, 0.25) is 0 Å². The minimum Gasteiger partial charge on any atom is -0.319 e. The lowest BCUT2D eigenvalue weighted by atomic mass is 10.2. The molecule has 1 aliphatic rings. The van der Waals surface area contributed by atoms with Crippen LogP contribution in [-0.2, 0) is 0 Å². The molecule has 1 aromatic heterocycles. The molecule has 0 saturated heterocycles. The molecule has 3 rings (SSSR count). The van der Waals surface area contributed by atoms with Crippen molar-refractivity contribution in [1.29, 1.82) is 0 Å². The van der Waals surface area contributed by atoms with Gasteiger partial charge in [-0.15, -0.1) is 0 Å². The number of hydrogen-bond acceptors (Lipinski definition) is 2. The molecule has 1 heterocycles. The average Bonchev–Trinajstić information content (AvgIpc) is 2.99. The second kappa shape index (κ2) is 2.92. The summed E-state index contributed by atoms with van der Waals surface area (Å²) in [5.74, 6) is 0.568. The number of fused-ring (bicyclic) bond motifs is 1. The Morgan fingerprint density at radius 3 is 2.93 bits per heavy atom. The van der Waals surface area contributed by atoms with E-state index < -0.39 is 0 Å². The summed E-state index contributed by atoms with van der Waals surface area (Å²) >= 11 is 0. The van der Waals surface area contributed by atoms with Gasteiger partial charge in [0, 0.05) is 6.04 Å². The standard InChI is InChI=1S/C12H12N2O/c1-8-2-5-11-10(6-8)13-12(7-15)14(11)9-3-4-9/h2,5-7,9H,3-4H2,1H3. The summed E-state index contributed by atoms with van der Waals surface area (Å²) in [6.07, 6.45) is 3.19. The van der Waals surface area contributed by atoms with Crippen LogP contribution in [0.25, 0.3) is 11.0 Å². The molecule has 0 unspecified atom stereocenters. The minimum atomic E-state index is 0.498. The Kier molecular flexibility index (Phi) is 1.69. The number of imidazole rings is 1. The fourth-order valence-corrected chi connectivity index (χ4v) is 2.03. The first-order valence-corrected chi connectivity index (χ1v) is 5.23. The lowest BCUT2D eigenvalue weighted by molar-refractivity contribution is 0.111. The Labute approximate surface area is 87.7 Å². The molecule has 3 heteroatoms. The predicted octanol–water partition coefficient (Wildman–Crippen LogP) is 2.49. The minimum absolute atomic E-state index is 0.498. The number of aryl methyl sites for hydroxylation is 1. The van der Waals surface area contributed by atoms with Gasteiger partial charge in [-0.25, -0.2) is 4.98 Å². The summed E-state index contributed by atoms with van der Waals surface area (Å²) in [5, 5.41) is 0. The fourth-order valence-electron chi connectivity index (χ4n) is 2.03. The van der Waals surface area contributed by atoms with Crippen molar-refractivity contribution in [3.8, 4) is 0 Å². The molecular formula is C12H12N2O. The Balaban J connectivity index is 2.33. The second-order valence-electron chi connectivity index (χ2n) is 4.18. The van der Waals surface area contributed by atoms with E-state index in [1.807, 2.05) is 13.0 Å². The molecule has 0 spiro atoms. The third kappa shape index (κ3) is 1.27. The Morgan fingerprint density at radius 1 is 1.47 bits per heavy atom. The highest BCUT2D eigenvalue weighted by atomic mass is 16.1. The van der Waals surface area contributed by atoms with Gasteiger partial charge < -0.3 is 4.57 Å². The first-order valence-electron chi connectivity index (χ1n) is 5.23. The quantitative estimate of drug-likeness (QED) is 0.698. The number of aldehydes is 1. The zero-order valence-electron chi connectivity index (χ0n) is 8.60. The van der Waals surface area contributed by atoms with Crippen molar-refractivity contribution >= 4 is 17.3 Å². The number of carbonyl (C=O) groups is 1. The van der Waals surface area contributed by atoms with Crippen molar-refractivity contribution in [2.24, 2.45) is 0 Å². The molecule has 15 heavy (non-hydrogen) atoms. The zero-order chi connectivity index (χ0) is 10.4. The van der Waals surface area contributed by atoms with Crippen LogP contribution in [0.15, 0.2) is 18.2 Å². The first kappa shape index (κ1) is 8.65. The molecule has 1 aliphatic carbocycles. The van der Waals surface area contributed by atoms with Crippen molar-refractivity contribution in [2.45, 2.75) is 25.8 Å². The molecule has 0 amide bonds. The summed E-state index contributed by atoms with van der Waals surface area (Å²) in [6.45, 7) is 2.04. The monoisotopic (exact) mass is 200 g/mol. The van der Waals surface area contributed by atoms with Gasteiger partial charge in [0.25, 0.3) is 0 Å². The van der Waals surface area contributed by atoms with Crippen LogP contribution in [0.4, 0.5) is 0 Å². The molecule has 0 radical (unpaired) electrons. The summed E-state index contributed by atoms with van der Waals surface area (Å²) in [4.78, 5) is 15.3. The molecule has 3 nitrogen and oxygen atoms in total. The van der Waals surface area contributed by atoms with Crippen molar-refractivity contribution in [3.63, 3.8) is 0 Å². The van der Waals surface area contributed by atoms with Crippen LogP contribution in [-0.4, -0.2) is 15.8 Å². The molecular weight excluding hydrogens is 188 g/mol. The molecule has 0 N–H and O–H groups in total. The van der Waals surface area contributed by atoms with E-state index in [0.717, 1.165) is 17.3 Å². The van der Waals surface area contributed by atoms with Gasteiger partial charge >= 0.3 is 0 Å². The summed E-state index contributed by atoms with van der Waals surface area (Å²) in [7, 11) is 0. The van der Waals surface area contributed by atoms with Gasteiger partial charge in [0.15, 0.2) is 12.1 Å². The Bertz CT molecular complexity index is 538. The molecule has 0 aliphatic heterocycles. The lowest BCUT2D eigenvalue weighted by Gasteiger charge is -2.02. The molecule has 0 bridgehead atoms. The van der Waals surface area contributed by atoms with E-state index in [4.69, 9.17) is 0 Å². The van der Waals surface area contributed by atoms with E-state index in [-0.39, 0.29) is 0 Å². The largest absolute Gasteiger partial charge is 0.319 e. The Hall–Kier alpha value is -1.64. The molecule has 1 aromatic carbocycles. The van der Waals surface area contributed by atoms with Gasteiger partial charge in [0.1, 0.15) is 0 Å². The van der Waals surface area contributed by atoms with Gasteiger partial charge in [-0.1, -0.05) is 6.07 Å². The van der Waals surface area contributed by atoms with Gasteiger partial charge in [0.05, 0.1) is 11.0 Å². The van der Waals surface area contributed by atoms with E-state index >= 15 is 0 Å². The van der Waals surface area contributed by atoms with Crippen molar-refractivity contribution < 1.29 is 4.79 Å². The summed E-state index contributed by atoms with van der Waals surface area (Å²) in [5.41, 5.74) is 3.20. The van der Waals surface area contributed by atoms with E-state index in [1.54, 1.807) is 0 Å². The molecule has 1 fully saturated rings. The number of rotatable bonds is 2. The second-order valence-corrected chi connectivity index (χ2v) is 4.18. The van der Waals surface area contributed by atoms with Crippen LogP contribution in [0.5, 0.6) is 0 Å². The zero-order valence-corrected chi connectivity index (χ0v) is 8.60. The third-order valence-corrected chi connectivity index (χ3v) is 2.89. The van der Waals surface area contributed by atoms with Crippen molar-refractivity contribution in [1.82, 2.24) is 9.55 Å². The summed E-state index contributed by atoms with van der Waals surface area (Å²) < 4.78 is 2.07. The third-order valence-electron chi connectivity index (χ3n) is 2.89. The van der Waals surface area contributed by atoms with Crippen LogP contribution in [0, 0.1) is 6.92 Å². The summed E-state index contributed by atoms with van der Waals surface area (Å²) in [6, 6.07) is 6.65. The van der Waals surface area contributed by atoms with Gasteiger partial charge in [-0.2, -0.15) is 0 Å². The fraction of sp³-hybridized carbons (Fsp3) is 0.333. The number of benzene rings is 1. The van der Waals surface area contributed by atoms with Crippen LogP contribution < -0.4 is 0 Å². The maximum Gasteiger partial charge on any atom is 0.185 e. The molecule has 1 saturated carbocycles. The topological polar surface area (TPSA) is 34.9 Å². The molecule has 2 aromatic rings. The highest BCUT2D eigenvalue weighted by Crippen LogP contribution is 2.38. The SMILES string of the molecule is Cc1ccc2c(c1)nc(C=O)n2C1CC1. The van der Waals surface area contributed by atoms with E-state index in [0.29, 0.717) is 11.9 Å². The van der Waals surface area contributed by atoms with Gasteiger partial charge in [-0.3, -0.25) is 4.79 Å². The number of aromatic nitrogens is 2. The lowest BCUT2D eigenvalue weighted by Crippen LogP contribution is -1.99. The number of nitrogens with zero attached hydrogens (tertiary/aromatic N) is 2. The van der Waals surface area contributed by atoms with Crippen molar-refractivity contribution in [2.75, 3.05) is 0 Å². The van der Waals surface area contributed by atoms with E-state index in [9.17, 15) is 4.79 Å². The van der Waals surface area contributed by atoms with Gasteiger partial charge in [-0.05, 0) is 37.5 Å². The number of hydrogen-bond donors (Lipinski definition) is 0.